The normalized spacial score (nSPS) is 12.1. The van der Waals surface area contributed by atoms with E-state index >= 15 is 0 Å². The molecule has 10 heteroatoms. The SMILES string of the molecule is O=S(=O)(CCCNCCF)c1cccc(Oc2cccc(-c3ccnc4c(C(F)(F)F)cccc34)c2)c1. The van der Waals surface area contributed by atoms with Crippen molar-refractivity contribution in [3.8, 4) is 22.6 Å². The summed E-state index contributed by atoms with van der Waals surface area (Å²) in [5.74, 6) is 0.590. The van der Waals surface area contributed by atoms with Gasteiger partial charge in [-0.1, -0.05) is 30.3 Å². The van der Waals surface area contributed by atoms with Gasteiger partial charge in [-0.25, -0.2) is 12.8 Å². The van der Waals surface area contributed by atoms with Gasteiger partial charge in [0.2, 0.25) is 0 Å². The van der Waals surface area contributed by atoms with E-state index < -0.39 is 28.3 Å². The lowest BCUT2D eigenvalue weighted by Gasteiger charge is -2.13. The number of ether oxygens (including phenoxy) is 1. The lowest BCUT2D eigenvalue weighted by Crippen LogP contribution is -2.20. The van der Waals surface area contributed by atoms with Gasteiger partial charge in [0.1, 0.15) is 18.2 Å². The highest BCUT2D eigenvalue weighted by atomic mass is 32.2. The van der Waals surface area contributed by atoms with Crippen molar-refractivity contribution in [2.75, 3.05) is 25.5 Å². The van der Waals surface area contributed by atoms with Gasteiger partial charge in [0.05, 0.1) is 21.7 Å². The lowest BCUT2D eigenvalue weighted by atomic mass is 9.99. The molecule has 5 nitrogen and oxygen atoms in total. The van der Waals surface area contributed by atoms with E-state index in [9.17, 15) is 26.0 Å². The molecule has 0 unspecified atom stereocenters. The molecule has 1 heterocycles. The summed E-state index contributed by atoms with van der Waals surface area (Å²) >= 11 is 0. The number of halogens is 4. The van der Waals surface area contributed by atoms with E-state index in [2.05, 4.69) is 10.3 Å². The summed E-state index contributed by atoms with van der Waals surface area (Å²) in [5.41, 5.74) is 0.222. The number of hydrogen-bond acceptors (Lipinski definition) is 5. The maximum atomic E-state index is 13.5. The molecule has 0 radical (unpaired) electrons. The molecule has 4 rings (SSSR count). The summed E-state index contributed by atoms with van der Waals surface area (Å²) in [4.78, 5) is 4.07. The van der Waals surface area contributed by atoms with Gasteiger partial charge in [0.25, 0.3) is 0 Å². The topological polar surface area (TPSA) is 68.3 Å². The smallest absolute Gasteiger partial charge is 0.418 e. The Morgan fingerprint density at radius 1 is 0.892 bits per heavy atom. The van der Waals surface area contributed by atoms with E-state index in [1.54, 1.807) is 48.5 Å². The number of rotatable bonds is 10. The van der Waals surface area contributed by atoms with Crippen molar-refractivity contribution in [2.45, 2.75) is 17.5 Å². The fourth-order valence-electron chi connectivity index (χ4n) is 3.95. The molecule has 0 atom stereocenters. The number of sulfone groups is 1. The van der Waals surface area contributed by atoms with Crippen molar-refractivity contribution >= 4 is 20.7 Å². The van der Waals surface area contributed by atoms with Crippen molar-refractivity contribution < 1.29 is 30.7 Å². The Bertz CT molecular complexity index is 1490. The molecular formula is C27H24F4N2O3S. The summed E-state index contributed by atoms with van der Waals surface area (Å²) in [6, 6.07) is 18.5. The van der Waals surface area contributed by atoms with Crippen LogP contribution >= 0.6 is 0 Å². The zero-order valence-corrected chi connectivity index (χ0v) is 20.4. The highest BCUT2D eigenvalue weighted by Crippen LogP contribution is 2.37. The third kappa shape index (κ3) is 6.44. The molecule has 0 aliphatic carbocycles. The van der Waals surface area contributed by atoms with Crippen LogP contribution in [0.25, 0.3) is 22.0 Å². The zero-order chi connectivity index (χ0) is 26.5. The Morgan fingerprint density at radius 3 is 2.38 bits per heavy atom. The Balaban J connectivity index is 1.58. The molecule has 37 heavy (non-hydrogen) atoms. The van der Waals surface area contributed by atoms with Crippen LogP contribution in [0.1, 0.15) is 12.0 Å². The van der Waals surface area contributed by atoms with Gasteiger partial charge in [-0.2, -0.15) is 13.2 Å². The third-order valence-electron chi connectivity index (χ3n) is 5.66. The number of hydrogen-bond donors (Lipinski definition) is 1. The average Bonchev–Trinajstić information content (AvgIpc) is 2.87. The van der Waals surface area contributed by atoms with Crippen molar-refractivity contribution in [1.29, 1.82) is 0 Å². The van der Waals surface area contributed by atoms with Gasteiger partial charge in [-0.15, -0.1) is 0 Å². The van der Waals surface area contributed by atoms with Crippen molar-refractivity contribution in [3.63, 3.8) is 0 Å². The number of benzene rings is 3. The second-order valence-electron chi connectivity index (χ2n) is 8.27. The third-order valence-corrected chi connectivity index (χ3v) is 7.46. The first-order valence-corrected chi connectivity index (χ1v) is 13.2. The molecule has 3 aromatic carbocycles. The van der Waals surface area contributed by atoms with Gasteiger partial charge in [0, 0.05) is 18.1 Å². The van der Waals surface area contributed by atoms with Crippen LogP contribution in [0.2, 0.25) is 0 Å². The van der Waals surface area contributed by atoms with Gasteiger partial charge in [0.15, 0.2) is 9.84 Å². The number of aromatic nitrogens is 1. The minimum atomic E-state index is -4.54. The van der Waals surface area contributed by atoms with E-state index in [0.29, 0.717) is 41.0 Å². The Hall–Kier alpha value is -3.50. The number of para-hydroxylation sites is 1. The van der Waals surface area contributed by atoms with Crippen LogP contribution in [0.3, 0.4) is 0 Å². The molecule has 194 valence electrons. The second-order valence-corrected chi connectivity index (χ2v) is 10.4. The fourth-order valence-corrected chi connectivity index (χ4v) is 5.29. The van der Waals surface area contributed by atoms with Crippen molar-refractivity contribution in [1.82, 2.24) is 10.3 Å². The summed E-state index contributed by atoms with van der Waals surface area (Å²) in [6.07, 6.45) is -2.86. The van der Waals surface area contributed by atoms with Crippen molar-refractivity contribution in [3.05, 3.63) is 84.6 Å². The first-order valence-electron chi connectivity index (χ1n) is 11.5. The predicted octanol–water partition coefficient (Wildman–Crippen LogP) is 6.44. The maximum Gasteiger partial charge on any atom is 0.418 e. The van der Waals surface area contributed by atoms with E-state index in [1.165, 1.54) is 24.4 Å². The Labute approximate surface area is 212 Å². The van der Waals surface area contributed by atoms with Crippen molar-refractivity contribution in [2.24, 2.45) is 0 Å². The number of pyridine rings is 1. The minimum absolute atomic E-state index is 0.0970. The number of nitrogens with zero attached hydrogens (tertiary/aromatic N) is 1. The quantitative estimate of drug-likeness (QED) is 0.188. The standard InChI is InChI=1S/C27H24F4N2O3S/c28-12-15-32-13-4-16-37(34,35)22-8-2-7-21(18-22)36-20-6-1-5-19(17-20)23-11-14-33-26-24(23)9-3-10-25(26)27(29,30)31/h1-3,5-11,14,17-18,32H,4,12-13,15-16H2. The van der Waals surface area contributed by atoms with Crippen LogP contribution in [0, 0.1) is 0 Å². The average molecular weight is 533 g/mol. The van der Waals surface area contributed by atoms with Gasteiger partial charge in [-0.3, -0.25) is 4.98 Å². The van der Waals surface area contributed by atoms with E-state index in [-0.39, 0.29) is 22.7 Å². The number of fused-ring (bicyclic) bond motifs is 1. The fraction of sp³-hybridized carbons (Fsp3) is 0.222. The highest BCUT2D eigenvalue weighted by Gasteiger charge is 2.33. The molecule has 1 aromatic heterocycles. The lowest BCUT2D eigenvalue weighted by molar-refractivity contribution is -0.136. The molecule has 4 aromatic rings. The molecular weight excluding hydrogens is 508 g/mol. The first kappa shape index (κ1) is 26.6. The summed E-state index contributed by atoms with van der Waals surface area (Å²) < 4.78 is 83.9. The molecule has 0 amide bonds. The molecule has 0 spiro atoms. The van der Waals surface area contributed by atoms with E-state index in [1.807, 2.05) is 0 Å². The van der Waals surface area contributed by atoms with E-state index in [4.69, 9.17) is 4.74 Å². The Morgan fingerprint density at radius 2 is 1.62 bits per heavy atom. The molecule has 0 saturated heterocycles. The van der Waals surface area contributed by atoms with E-state index in [0.717, 1.165) is 6.07 Å². The highest BCUT2D eigenvalue weighted by molar-refractivity contribution is 7.91. The van der Waals surface area contributed by atoms with Crippen LogP contribution in [0.15, 0.2) is 83.9 Å². The number of nitrogens with one attached hydrogen (secondary N) is 1. The van der Waals surface area contributed by atoms with Gasteiger partial charge < -0.3 is 10.1 Å². The molecule has 0 bridgehead atoms. The zero-order valence-electron chi connectivity index (χ0n) is 19.6. The van der Waals surface area contributed by atoms with Crippen LogP contribution in [0.5, 0.6) is 11.5 Å². The summed E-state index contributed by atoms with van der Waals surface area (Å²) in [7, 11) is -3.57. The second kappa shape index (κ2) is 11.3. The first-order chi connectivity index (χ1) is 17.7. The monoisotopic (exact) mass is 532 g/mol. The van der Waals surface area contributed by atoms with Crippen LogP contribution in [-0.2, 0) is 16.0 Å². The predicted molar refractivity (Wildman–Crippen MR) is 134 cm³/mol. The molecule has 0 aliphatic rings. The van der Waals surface area contributed by atoms with Gasteiger partial charge in [-0.05, 0) is 66.6 Å². The van der Waals surface area contributed by atoms with Crippen LogP contribution < -0.4 is 10.1 Å². The number of alkyl halides is 4. The van der Waals surface area contributed by atoms with Crippen LogP contribution in [0.4, 0.5) is 17.6 Å². The Kier molecular flexibility index (Phi) is 8.09. The molecule has 1 N–H and O–H groups in total. The largest absolute Gasteiger partial charge is 0.457 e. The molecule has 0 aliphatic heterocycles. The van der Waals surface area contributed by atoms with Gasteiger partial charge >= 0.3 is 6.18 Å². The molecule has 0 fully saturated rings. The summed E-state index contributed by atoms with van der Waals surface area (Å²) in [5, 5.41) is 3.17. The molecule has 0 saturated carbocycles. The summed E-state index contributed by atoms with van der Waals surface area (Å²) in [6.45, 7) is 0.0564. The minimum Gasteiger partial charge on any atom is -0.457 e. The van der Waals surface area contributed by atoms with Crippen LogP contribution in [-0.4, -0.2) is 38.9 Å². The maximum absolute atomic E-state index is 13.5.